The number of ether oxygens (including phenoxy) is 1. The summed E-state index contributed by atoms with van der Waals surface area (Å²) in [6.45, 7) is 6.59. The molecular weight excluding hydrogens is 366 g/mol. The molecule has 3 rings (SSSR count). The molecule has 1 N–H and O–H groups in total. The molecule has 0 aromatic heterocycles. The Kier molecular flexibility index (Phi) is 9.32. The van der Waals surface area contributed by atoms with Crippen molar-refractivity contribution in [1.29, 1.82) is 0 Å². The molecule has 0 aromatic carbocycles. The van der Waals surface area contributed by atoms with Gasteiger partial charge in [-0.3, -0.25) is 4.90 Å². The second-order valence-corrected chi connectivity index (χ2v) is 7.71. The lowest BCUT2D eigenvalue weighted by Crippen LogP contribution is -2.44. The summed E-state index contributed by atoms with van der Waals surface area (Å²) in [7, 11) is 0. The summed E-state index contributed by atoms with van der Waals surface area (Å²) in [5.41, 5.74) is 2.55. The van der Waals surface area contributed by atoms with Gasteiger partial charge in [0, 0.05) is 30.2 Å². The van der Waals surface area contributed by atoms with Gasteiger partial charge >= 0.3 is 0 Å². The molecule has 0 unspecified atom stereocenters. The molecule has 0 aromatic rings. The van der Waals surface area contributed by atoms with Crippen LogP contribution in [0.25, 0.3) is 0 Å². The monoisotopic (exact) mass is 397 g/mol. The van der Waals surface area contributed by atoms with Crippen molar-refractivity contribution in [3.05, 3.63) is 33.9 Å². The van der Waals surface area contributed by atoms with Crippen LogP contribution in [0.2, 0.25) is 0 Å². The lowest BCUT2D eigenvalue weighted by Gasteiger charge is -2.36. The Hall–Kier alpha value is -0.420. The molecule has 4 heteroatoms. The molecule has 3 aliphatic rings. The van der Waals surface area contributed by atoms with Gasteiger partial charge in [-0.05, 0) is 44.3 Å². The molecule has 0 amide bonds. The fraction of sp³-hybridized carbons (Fsp3) is 0.700. The summed E-state index contributed by atoms with van der Waals surface area (Å²) in [6.07, 6.45) is 15.2. The van der Waals surface area contributed by atoms with E-state index in [1.165, 1.54) is 56.3 Å². The van der Waals surface area contributed by atoms with Crippen LogP contribution in [0.4, 0.5) is 0 Å². The highest BCUT2D eigenvalue weighted by molar-refractivity contribution is 9.11. The first kappa shape index (κ1) is 19.9. The zero-order valence-corrected chi connectivity index (χ0v) is 16.6. The quantitative estimate of drug-likeness (QED) is 0.756. The lowest BCUT2D eigenvalue weighted by molar-refractivity contribution is 0.00858. The van der Waals surface area contributed by atoms with Gasteiger partial charge in [0.05, 0.1) is 13.2 Å². The van der Waals surface area contributed by atoms with Crippen molar-refractivity contribution in [2.75, 3.05) is 32.9 Å². The number of halogens is 1. The fourth-order valence-corrected chi connectivity index (χ4v) is 3.77. The molecule has 1 saturated heterocycles. The van der Waals surface area contributed by atoms with E-state index in [9.17, 15) is 0 Å². The van der Waals surface area contributed by atoms with E-state index in [1.807, 2.05) is 6.08 Å². The van der Waals surface area contributed by atoms with Crippen LogP contribution in [0.3, 0.4) is 0 Å². The molecule has 2 fully saturated rings. The van der Waals surface area contributed by atoms with E-state index >= 15 is 0 Å². The van der Waals surface area contributed by atoms with Crippen LogP contribution in [-0.2, 0) is 4.74 Å². The van der Waals surface area contributed by atoms with Gasteiger partial charge < -0.3 is 9.84 Å². The predicted octanol–water partition coefficient (Wildman–Crippen LogP) is 4.58. The van der Waals surface area contributed by atoms with Gasteiger partial charge in [0.25, 0.3) is 0 Å². The number of aliphatic hydroxyl groups excluding tert-OH is 1. The van der Waals surface area contributed by atoms with Gasteiger partial charge in [-0.15, -0.1) is 0 Å². The topological polar surface area (TPSA) is 32.7 Å². The Bertz CT molecular complexity index is 442. The highest BCUT2D eigenvalue weighted by Crippen LogP contribution is 2.23. The minimum Gasteiger partial charge on any atom is -0.396 e. The molecule has 0 atom stereocenters. The van der Waals surface area contributed by atoms with Crippen LogP contribution in [-0.4, -0.2) is 49.0 Å². The summed E-state index contributed by atoms with van der Waals surface area (Å²) in [4.78, 5) is 2.63. The molecule has 1 heterocycles. The number of aliphatic hydroxyl groups is 1. The normalized spacial score (nSPS) is 23.4. The van der Waals surface area contributed by atoms with Gasteiger partial charge in [-0.2, -0.15) is 0 Å². The van der Waals surface area contributed by atoms with Crippen LogP contribution < -0.4 is 0 Å². The first-order valence-electron chi connectivity index (χ1n) is 9.35. The van der Waals surface area contributed by atoms with E-state index < -0.39 is 0 Å². The van der Waals surface area contributed by atoms with Crippen LogP contribution in [0.5, 0.6) is 0 Å². The highest BCUT2D eigenvalue weighted by atomic mass is 79.9. The van der Waals surface area contributed by atoms with Crippen molar-refractivity contribution >= 4 is 15.9 Å². The van der Waals surface area contributed by atoms with Crippen molar-refractivity contribution in [2.45, 2.75) is 57.9 Å². The molecule has 0 bridgehead atoms. The maximum absolute atomic E-state index is 8.74. The third kappa shape index (κ3) is 6.83. The average Bonchev–Trinajstić information content (AvgIpc) is 2.80. The number of hydrogen-bond donors (Lipinski definition) is 1. The van der Waals surface area contributed by atoms with Crippen LogP contribution in [0, 0.1) is 0 Å². The van der Waals surface area contributed by atoms with Gasteiger partial charge in [0.15, 0.2) is 0 Å². The van der Waals surface area contributed by atoms with Gasteiger partial charge in [0.2, 0.25) is 0 Å². The zero-order valence-electron chi connectivity index (χ0n) is 15.0. The molecule has 1 saturated carbocycles. The van der Waals surface area contributed by atoms with Crippen molar-refractivity contribution < 1.29 is 9.84 Å². The molecule has 2 aliphatic carbocycles. The molecule has 1 aliphatic heterocycles. The van der Waals surface area contributed by atoms with E-state index in [0.717, 1.165) is 36.6 Å². The van der Waals surface area contributed by atoms with Crippen molar-refractivity contribution in [1.82, 2.24) is 4.90 Å². The summed E-state index contributed by atoms with van der Waals surface area (Å²) in [6, 6.07) is 0.891. The molecule has 3 nitrogen and oxygen atoms in total. The van der Waals surface area contributed by atoms with Crippen molar-refractivity contribution in [2.24, 2.45) is 0 Å². The minimum atomic E-state index is 0.229. The number of allylic oxidation sites excluding steroid dienone is 5. The van der Waals surface area contributed by atoms with Gasteiger partial charge in [0.1, 0.15) is 0 Å². The Balaban J connectivity index is 0.000000174. The van der Waals surface area contributed by atoms with E-state index in [-0.39, 0.29) is 6.61 Å². The van der Waals surface area contributed by atoms with E-state index in [4.69, 9.17) is 9.84 Å². The van der Waals surface area contributed by atoms with Gasteiger partial charge in [-0.25, -0.2) is 0 Å². The Morgan fingerprint density at radius 3 is 2.54 bits per heavy atom. The summed E-state index contributed by atoms with van der Waals surface area (Å²) in [5.74, 6) is 0. The number of hydrogen-bond acceptors (Lipinski definition) is 3. The van der Waals surface area contributed by atoms with Crippen LogP contribution in [0.1, 0.15) is 51.9 Å². The Morgan fingerprint density at radius 1 is 1.17 bits per heavy atom. The van der Waals surface area contributed by atoms with Gasteiger partial charge in [-0.1, -0.05) is 52.9 Å². The Labute approximate surface area is 155 Å². The van der Waals surface area contributed by atoms with E-state index in [2.05, 4.69) is 39.9 Å². The third-order valence-electron chi connectivity index (χ3n) is 5.06. The highest BCUT2D eigenvalue weighted by Gasteiger charge is 2.22. The summed E-state index contributed by atoms with van der Waals surface area (Å²) in [5, 5.41) is 8.74. The minimum absolute atomic E-state index is 0.229. The average molecular weight is 398 g/mol. The van der Waals surface area contributed by atoms with Crippen molar-refractivity contribution in [3.63, 3.8) is 0 Å². The maximum Gasteiger partial charge on any atom is 0.0594 e. The lowest BCUT2D eigenvalue weighted by atomic mass is 9.94. The van der Waals surface area contributed by atoms with Crippen molar-refractivity contribution in [3.8, 4) is 0 Å². The largest absolute Gasteiger partial charge is 0.396 e. The smallest absolute Gasteiger partial charge is 0.0594 e. The second-order valence-electron chi connectivity index (χ2n) is 6.86. The molecule has 136 valence electrons. The number of nitrogens with zero attached hydrogens (tertiary/aromatic N) is 1. The fourth-order valence-electron chi connectivity index (χ4n) is 3.48. The van der Waals surface area contributed by atoms with Crippen LogP contribution >= 0.6 is 15.9 Å². The number of morpholine rings is 1. The predicted molar refractivity (Wildman–Crippen MR) is 104 cm³/mol. The molecule has 0 radical (unpaired) electrons. The van der Waals surface area contributed by atoms with E-state index in [1.54, 1.807) is 0 Å². The zero-order chi connectivity index (χ0) is 17.2. The summed E-state index contributed by atoms with van der Waals surface area (Å²) < 4.78 is 6.51. The Morgan fingerprint density at radius 2 is 1.88 bits per heavy atom. The van der Waals surface area contributed by atoms with Crippen LogP contribution in [0.15, 0.2) is 33.9 Å². The second kappa shape index (κ2) is 11.2. The standard InChI is InChI=1S/C10H13BrO.C10H19NO/c1-8-2-3-9(6-7-12)4-5-10(8)11;1-2-4-10(5-3-1)11-6-8-12-9-7-11/h3-5,12H,2,6-7H2,1H3;10H,1-9H2. The SMILES string of the molecule is C1CCC(N2CCOCC2)CC1.CC1=C(Br)C=CC(CCO)=CC1. The molecule has 24 heavy (non-hydrogen) atoms. The number of rotatable bonds is 3. The maximum atomic E-state index is 8.74. The van der Waals surface area contributed by atoms with E-state index in [0.29, 0.717) is 0 Å². The molecule has 0 spiro atoms. The first-order valence-corrected chi connectivity index (χ1v) is 10.1. The molecular formula is C20H32BrNO2. The summed E-state index contributed by atoms with van der Waals surface area (Å²) >= 11 is 3.48. The first-order chi connectivity index (χ1) is 11.7. The third-order valence-corrected chi connectivity index (χ3v) is 6.00.